The summed E-state index contributed by atoms with van der Waals surface area (Å²) in [6.07, 6.45) is 2.20. The van der Waals surface area contributed by atoms with Gasteiger partial charge in [0, 0.05) is 23.5 Å². The maximum Gasteiger partial charge on any atom is 0.261 e. The van der Waals surface area contributed by atoms with Gasteiger partial charge in [-0.15, -0.1) is 11.3 Å². The van der Waals surface area contributed by atoms with Gasteiger partial charge in [0.2, 0.25) is 0 Å². The number of carbonyl (C=O) groups excluding carboxylic acids is 1. The number of aryl methyl sites for hydroxylation is 1. The van der Waals surface area contributed by atoms with Crippen LogP contribution < -0.4 is 5.32 Å². The number of nitrogens with zero attached hydrogens (tertiary/aromatic N) is 3. The molecule has 1 fully saturated rings. The minimum atomic E-state index is 0.0128. The third kappa shape index (κ3) is 4.98. The van der Waals surface area contributed by atoms with Crippen LogP contribution in [0.1, 0.15) is 33.8 Å². The molecule has 0 radical (unpaired) electrons. The van der Waals surface area contributed by atoms with Gasteiger partial charge in [0.05, 0.1) is 16.3 Å². The summed E-state index contributed by atoms with van der Waals surface area (Å²) in [5.74, 6) is 0.533. The van der Waals surface area contributed by atoms with Gasteiger partial charge in [0.1, 0.15) is 4.83 Å². The Morgan fingerprint density at radius 2 is 1.85 bits per heavy atom. The molecule has 2 aromatic carbocycles. The molecule has 170 valence electrons. The molecule has 7 heteroatoms. The van der Waals surface area contributed by atoms with Gasteiger partial charge in [-0.2, -0.15) is 5.10 Å². The second-order valence-corrected chi connectivity index (χ2v) is 10.2. The predicted octanol–water partition coefficient (Wildman–Crippen LogP) is 5.69. The summed E-state index contributed by atoms with van der Waals surface area (Å²) in [7, 11) is 0. The van der Waals surface area contributed by atoms with Crippen molar-refractivity contribution in [2.75, 3.05) is 19.6 Å². The lowest BCUT2D eigenvalue weighted by atomic mass is 9.96. The highest BCUT2D eigenvalue weighted by Gasteiger charge is 2.21. The third-order valence-electron chi connectivity index (χ3n) is 6.35. The zero-order chi connectivity index (χ0) is 22.8. The normalized spacial score (nSPS) is 15.2. The van der Waals surface area contributed by atoms with Crippen molar-refractivity contribution in [3.63, 3.8) is 0 Å². The number of thiophene rings is 1. The number of nitrogens with one attached hydrogen (secondary N) is 1. The van der Waals surface area contributed by atoms with Gasteiger partial charge in [-0.05, 0) is 74.7 Å². The molecule has 5 rings (SSSR count). The Morgan fingerprint density at radius 3 is 2.58 bits per heavy atom. The number of hydrogen-bond acceptors (Lipinski definition) is 4. The second kappa shape index (κ2) is 9.67. The number of halogens is 1. The molecule has 3 heterocycles. The van der Waals surface area contributed by atoms with Gasteiger partial charge in [-0.1, -0.05) is 41.9 Å². The van der Waals surface area contributed by atoms with E-state index in [-0.39, 0.29) is 5.91 Å². The number of fused-ring (bicyclic) bond motifs is 1. The van der Waals surface area contributed by atoms with Crippen LogP contribution >= 0.6 is 22.9 Å². The number of para-hydroxylation sites is 1. The molecule has 0 atom stereocenters. The number of aromatic nitrogens is 2. The Hall–Kier alpha value is -2.67. The molecule has 1 aliphatic rings. The lowest BCUT2D eigenvalue weighted by molar-refractivity contribution is 0.0939. The number of rotatable bonds is 6. The molecule has 1 amide bonds. The average molecular weight is 479 g/mol. The van der Waals surface area contributed by atoms with Crippen molar-refractivity contribution in [2.45, 2.75) is 26.3 Å². The fraction of sp³-hybridized carbons (Fsp3) is 0.308. The van der Waals surface area contributed by atoms with E-state index in [1.165, 1.54) is 16.9 Å². The van der Waals surface area contributed by atoms with E-state index in [9.17, 15) is 4.79 Å². The van der Waals surface area contributed by atoms with Crippen LogP contribution in [0.25, 0.3) is 15.9 Å². The molecule has 33 heavy (non-hydrogen) atoms. The van der Waals surface area contributed by atoms with E-state index in [0.29, 0.717) is 5.92 Å². The molecule has 2 aromatic heterocycles. The Kier molecular flexibility index (Phi) is 6.49. The summed E-state index contributed by atoms with van der Waals surface area (Å²) >= 11 is 7.49. The van der Waals surface area contributed by atoms with Gasteiger partial charge >= 0.3 is 0 Å². The van der Waals surface area contributed by atoms with Crippen LogP contribution in [0.2, 0.25) is 5.02 Å². The maximum absolute atomic E-state index is 12.9. The highest BCUT2D eigenvalue weighted by molar-refractivity contribution is 7.20. The first-order chi connectivity index (χ1) is 16.1. The Bertz CT molecular complexity index is 1240. The molecule has 4 aromatic rings. The van der Waals surface area contributed by atoms with Gasteiger partial charge in [-0.25, -0.2) is 4.68 Å². The summed E-state index contributed by atoms with van der Waals surface area (Å²) in [6, 6.07) is 20.1. The first kappa shape index (κ1) is 22.1. The number of piperidine rings is 1. The van der Waals surface area contributed by atoms with Crippen LogP contribution in [0.5, 0.6) is 0 Å². The highest BCUT2D eigenvalue weighted by Crippen LogP contribution is 2.30. The summed E-state index contributed by atoms with van der Waals surface area (Å²) in [5.41, 5.74) is 3.24. The molecule has 0 spiro atoms. The predicted molar refractivity (Wildman–Crippen MR) is 135 cm³/mol. The van der Waals surface area contributed by atoms with Crippen LogP contribution in [0.4, 0.5) is 0 Å². The number of amides is 1. The fourth-order valence-corrected chi connectivity index (χ4v) is 5.65. The van der Waals surface area contributed by atoms with Crippen molar-refractivity contribution in [1.82, 2.24) is 20.0 Å². The van der Waals surface area contributed by atoms with E-state index < -0.39 is 0 Å². The topological polar surface area (TPSA) is 50.2 Å². The van der Waals surface area contributed by atoms with Crippen molar-refractivity contribution < 1.29 is 4.79 Å². The van der Waals surface area contributed by atoms with Crippen molar-refractivity contribution >= 4 is 39.1 Å². The van der Waals surface area contributed by atoms with Gasteiger partial charge in [0.15, 0.2) is 0 Å². The van der Waals surface area contributed by atoms with Crippen molar-refractivity contribution in [1.29, 1.82) is 0 Å². The number of likely N-dealkylation sites (tertiary alicyclic amines) is 1. The minimum absolute atomic E-state index is 0.0128. The minimum Gasteiger partial charge on any atom is -0.351 e. The van der Waals surface area contributed by atoms with E-state index in [1.54, 1.807) is 0 Å². The number of hydrogen-bond donors (Lipinski definition) is 1. The van der Waals surface area contributed by atoms with Gasteiger partial charge in [-0.3, -0.25) is 9.69 Å². The maximum atomic E-state index is 12.9. The molecule has 1 aliphatic heterocycles. The number of carbonyl (C=O) groups is 1. The Morgan fingerprint density at radius 1 is 1.12 bits per heavy atom. The van der Waals surface area contributed by atoms with Crippen LogP contribution in [-0.4, -0.2) is 40.2 Å². The zero-order valence-corrected chi connectivity index (χ0v) is 20.2. The number of benzene rings is 2. The highest BCUT2D eigenvalue weighted by atomic mass is 35.5. The molecule has 0 saturated carbocycles. The van der Waals surface area contributed by atoms with E-state index in [4.69, 9.17) is 11.6 Å². The van der Waals surface area contributed by atoms with Crippen molar-refractivity contribution in [3.05, 3.63) is 81.8 Å². The van der Waals surface area contributed by atoms with Crippen molar-refractivity contribution in [3.8, 4) is 5.69 Å². The largest absolute Gasteiger partial charge is 0.351 e. The zero-order valence-electron chi connectivity index (χ0n) is 18.6. The molecule has 1 N–H and O–H groups in total. The smallest absolute Gasteiger partial charge is 0.261 e. The summed E-state index contributed by atoms with van der Waals surface area (Å²) < 4.78 is 1.93. The molecule has 1 saturated heterocycles. The standard InChI is InChI=1S/C26H27ClN4OS/c1-18-23-15-24(33-26(23)31(29-18)22-5-3-2-4-6-22)25(32)28-16-19-11-13-30(14-12-19)17-20-7-9-21(27)10-8-20/h2-10,15,19H,11-14,16-17H2,1H3,(H,28,32). The van der Waals surface area contributed by atoms with Crippen molar-refractivity contribution in [2.24, 2.45) is 5.92 Å². The lowest BCUT2D eigenvalue weighted by Gasteiger charge is -2.32. The van der Waals surface area contributed by atoms with E-state index in [1.807, 2.05) is 60.1 Å². The van der Waals surface area contributed by atoms with Crippen LogP contribution in [-0.2, 0) is 6.54 Å². The Balaban J connectivity index is 1.17. The molecular formula is C26H27ClN4OS. The summed E-state index contributed by atoms with van der Waals surface area (Å²) in [6.45, 7) is 5.78. The third-order valence-corrected chi connectivity index (χ3v) is 7.71. The van der Waals surface area contributed by atoms with Crippen LogP contribution in [0, 0.1) is 12.8 Å². The van der Waals surface area contributed by atoms with Crippen LogP contribution in [0.3, 0.4) is 0 Å². The molecular weight excluding hydrogens is 452 g/mol. The quantitative estimate of drug-likeness (QED) is 0.387. The first-order valence-corrected chi connectivity index (χ1v) is 12.6. The Labute approximate surface area is 203 Å². The fourth-order valence-electron chi connectivity index (χ4n) is 4.42. The summed E-state index contributed by atoms with van der Waals surface area (Å²) in [4.78, 5) is 17.1. The SMILES string of the molecule is Cc1nn(-c2ccccc2)c2sc(C(=O)NCC3CCN(Cc4ccc(Cl)cc4)CC3)cc12. The van der Waals surface area contributed by atoms with E-state index in [0.717, 1.165) is 70.5 Å². The first-order valence-electron chi connectivity index (χ1n) is 11.4. The lowest BCUT2D eigenvalue weighted by Crippen LogP contribution is -2.38. The molecule has 0 aliphatic carbocycles. The second-order valence-electron chi connectivity index (χ2n) is 8.72. The van der Waals surface area contributed by atoms with E-state index in [2.05, 4.69) is 27.4 Å². The van der Waals surface area contributed by atoms with E-state index >= 15 is 0 Å². The molecule has 0 bridgehead atoms. The average Bonchev–Trinajstić information content (AvgIpc) is 3.41. The monoisotopic (exact) mass is 478 g/mol. The molecule has 5 nitrogen and oxygen atoms in total. The van der Waals surface area contributed by atoms with Crippen LogP contribution in [0.15, 0.2) is 60.7 Å². The van der Waals surface area contributed by atoms with Gasteiger partial charge in [0.25, 0.3) is 5.91 Å². The molecule has 0 unspecified atom stereocenters. The van der Waals surface area contributed by atoms with Gasteiger partial charge < -0.3 is 5.32 Å². The summed E-state index contributed by atoms with van der Waals surface area (Å²) in [5, 5.41) is 9.67.